The lowest BCUT2D eigenvalue weighted by Gasteiger charge is -2.33. The number of aromatic nitrogens is 2. The molecule has 4 aromatic rings. The number of fused-ring (bicyclic) bond motifs is 1. The highest BCUT2D eigenvalue weighted by Gasteiger charge is 2.29. The molecule has 7 heteroatoms. The van der Waals surface area contributed by atoms with Crippen molar-refractivity contribution >= 4 is 17.0 Å². The average Bonchev–Trinajstić information content (AvgIpc) is 3.29. The molecular formula is C30H35N3O4. The fourth-order valence-electron chi connectivity index (χ4n) is 4.26. The molecule has 0 aliphatic heterocycles. The molecule has 0 spiro atoms. The van der Waals surface area contributed by atoms with Crippen LogP contribution in [0, 0.1) is 0 Å². The van der Waals surface area contributed by atoms with Gasteiger partial charge in [0.15, 0.2) is 0 Å². The minimum absolute atomic E-state index is 0.0928. The van der Waals surface area contributed by atoms with E-state index in [1.807, 2.05) is 82.4 Å². The summed E-state index contributed by atoms with van der Waals surface area (Å²) in [5, 5.41) is 11.9. The maximum absolute atomic E-state index is 13.2. The second kappa shape index (κ2) is 11.5. The first-order valence-corrected chi connectivity index (χ1v) is 12.5. The second-order valence-corrected chi connectivity index (χ2v) is 10.3. The molecule has 2 atom stereocenters. The minimum Gasteiger partial charge on any atom is -0.487 e. The quantitative estimate of drug-likeness (QED) is 0.292. The first-order chi connectivity index (χ1) is 17.7. The third-order valence-corrected chi connectivity index (χ3v) is 6.11. The lowest BCUT2D eigenvalue weighted by atomic mass is 10.0. The lowest BCUT2D eigenvalue weighted by molar-refractivity contribution is 0.00546. The Hall–Kier alpha value is -3.84. The van der Waals surface area contributed by atoms with Crippen LogP contribution in [-0.4, -0.2) is 44.3 Å². The molecule has 0 aliphatic rings. The first kappa shape index (κ1) is 26.2. The Labute approximate surface area is 218 Å². The van der Waals surface area contributed by atoms with Gasteiger partial charge in [-0.2, -0.15) is 0 Å². The third kappa shape index (κ3) is 6.89. The van der Waals surface area contributed by atoms with Gasteiger partial charge in [-0.3, -0.25) is 4.98 Å². The van der Waals surface area contributed by atoms with E-state index < -0.39 is 17.8 Å². The standard InChI is InChI=1S/C30H35N3O4/c1-21(33(29(35)37-30(2,3)4)19-26(34)23-12-9-15-31-17-23)16-24-18-32-28-25(24)13-8-14-27(28)36-20-22-10-6-5-7-11-22/h5-15,17-18,21,26,32,34H,16,19-20H2,1-4H3/t21-,26+/m1/s1. The summed E-state index contributed by atoms with van der Waals surface area (Å²) >= 11 is 0. The molecule has 7 nitrogen and oxygen atoms in total. The molecule has 2 N–H and O–H groups in total. The summed E-state index contributed by atoms with van der Waals surface area (Å²) in [6.07, 6.45) is 4.44. The Morgan fingerprint density at radius 3 is 2.57 bits per heavy atom. The van der Waals surface area contributed by atoms with Crippen molar-refractivity contribution in [3.05, 3.63) is 95.9 Å². The van der Waals surface area contributed by atoms with Crippen molar-refractivity contribution in [1.29, 1.82) is 0 Å². The van der Waals surface area contributed by atoms with E-state index in [1.54, 1.807) is 29.4 Å². The van der Waals surface area contributed by atoms with Crippen molar-refractivity contribution in [1.82, 2.24) is 14.9 Å². The molecule has 0 saturated heterocycles. The molecule has 0 fully saturated rings. The largest absolute Gasteiger partial charge is 0.487 e. The highest BCUT2D eigenvalue weighted by atomic mass is 16.6. The third-order valence-electron chi connectivity index (χ3n) is 6.11. The summed E-state index contributed by atoms with van der Waals surface area (Å²) in [6, 6.07) is 19.3. The summed E-state index contributed by atoms with van der Waals surface area (Å²) in [5.74, 6) is 0.774. The molecule has 2 aromatic carbocycles. The number of carbonyl (C=O) groups excluding carboxylic acids is 1. The van der Waals surface area contributed by atoms with Gasteiger partial charge in [-0.25, -0.2) is 4.79 Å². The van der Waals surface area contributed by atoms with Crippen LogP contribution in [0.1, 0.15) is 50.5 Å². The molecule has 2 heterocycles. The Bertz CT molecular complexity index is 1300. The van der Waals surface area contributed by atoms with Gasteiger partial charge < -0.3 is 24.5 Å². The number of rotatable bonds is 9. The number of H-pyrrole nitrogens is 1. The number of aliphatic hydroxyl groups excluding tert-OH is 1. The maximum Gasteiger partial charge on any atom is 0.410 e. The van der Waals surface area contributed by atoms with Gasteiger partial charge in [-0.1, -0.05) is 48.5 Å². The van der Waals surface area contributed by atoms with Crippen molar-refractivity contribution in [2.75, 3.05) is 6.54 Å². The van der Waals surface area contributed by atoms with E-state index in [0.29, 0.717) is 18.6 Å². The molecule has 4 rings (SSSR count). The molecule has 37 heavy (non-hydrogen) atoms. The predicted molar refractivity (Wildman–Crippen MR) is 144 cm³/mol. The van der Waals surface area contributed by atoms with E-state index in [-0.39, 0.29) is 12.6 Å². The monoisotopic (exact) mass is 501 g/mol. The highest BCUT2D eigenvalue weighted by Crippen LogP contribution is 2.30. The lowest BCUT2D eigenvalue weighted by Crippen LogP contribution is -2.45. The number of amides is 1. The Balaban J connectivity index is 1.53. The number of hydrogen-bond donors (Lipinski definition) is 2. The fraction of sp³-hybridized carbons (Fsp3) is 0.333. The number of nitrogens with zero attached hydrogens (tertiary/aromatic N) is 2. The zero-order valence-electron chi connectivity index (χ0n) is 21.8. The van der Waals surface area contributed by atoms with Gasteiger partial charge in [-0.15, -0.1) is 0 Å². The van der Waals surface area contributed by atoms with Gasteiger partial charge in [0.25, 0.3) is 0 Å². The minimum atomic E-state index is -0.885. The van der Waals surface area contributed by atoms with E-state index in [9.17, 15) is 9.90 Å². The van der Waals surface area contributed by atoms with Crippen LogP contribution in [0.4, 0.5) is 4.79 Å². The molecule has 0 unspecified atom stereocenters. The van der Waals surface area contributed by atoms with Crippen molar-refractivity contribution < 1.29 is 19.4 Å². The Morgan fingerprint density at radius 1 is 1.08 bits per heavy atom. The summed E-state index contributed by atoms with van der Waals surface area (Å²) in [7, 11) is 0. The SMILES string of the molecule is C[C@H](Cc1c[nH]c2c(OCc3ccccc3)cccc12)N(C[C@H](O)c1cccnc1)C(=O)OC(C)(C)C. The number of pyridine rings is 1. The number of ether oxygens (including phenoxy) is 2. The van der Waals surface area contributed by atoms with Crippen LogP contribution in [0.25, 0.3) is 10.9 Å². The number of nitrogens with one attached hydrogen (secondary N) is 1. The van der Waals surface area contributed by atoms with Crippen LogP contribution in [0.15, 0.2) is 79.3 Å². The van der Waals surface area contributed by atoms with Crippen molar-refractivity contribution in [3.8, 4) is 5.75 Å². The van der Waals surface area contributed by atoms with Crippen LogP contribution >= 0.6 is 0 Å². The molecule has 0 saturated carbocycles. The zero-order chi connectivity index (χ0) is 26.4. The number of para-hydroxylation sites is 1. The normalized spacial score (nSPS) is 13.2. The molecule has 0 aliphatic carbocycles. The maximum atomic E-state index is 13.2. The van der Waals surface area contributed by atoms with Crippen LogP contribution in [0.3, 0.4) is 0 Å². The Morgan fingerprint density at radius 2 is 1.86 bits per heavy atom. The molecule has 194 valence electrons. The van der Waals surface area contributed by atoms with Crippen LogP contribution in [0.2, 0.25) is 0 Å². The van der Waals surface area contributed by atoms with Gasteiger partial charge >= 0.3 is 6.09 Å². The highest BCUT2D eigenvalue weighted by molar-refractivity contribution is 5.88. The second-order valence-electron chi connectivity index (χ2n) is 10.3. The predicted octanol–water partition coefficient (Wildman–Crippen LogP) is 6.04. The van der Waals surface area contributed by atoms with E-state index in [4.69, 9.17) is 9.47 Å². The van der Waals surface area contributed by atoms with Crippen LogP contribution in [0.5, 0.6) is 5.75 Å². The van der Waals surface area contributed by atoms with Crippen LogP contribution < -0.4 is 4.74 Å². The number of benzene rings is 2. The zero-order valence-corrected chi connectivity index (χ0v) is 21.8. The van der Waals surface area contributed by atoms with Crippen molar-refractivity contribution in [2.45, 2.75) is 58.5 Å². The topological polar surface area (TPSA) is 87.7 Å². The smallest absolute Gasteiger partial charge is 0.410 e. The van der Waals surface area contributed by atoms with E-state index in [0.717, 1.165) is 27.8 Å². The van der Waals surface area contributed by atoms with Crippen LogP contribution in [-0.2, 0) is 17.8 Å². The summed E-state index contributed by atoms with van der Waals surface area (Å²) < 4.78 is 11.8. The number of aliphatic hydroxyl groups is 1. The van der Waals surface area contributed by atoms with Crippen molar-refractivity contribution in [2.24, 2.45) is 0 Å². The van der Waals surface area contributed by atoms with Gasteiger partial charge in [-0.05, 0) is 57.4 Å². The molecule has 0 bridgehead atoms. The Kier molecular flexibility index (Phi) is 8.14. The van der Waals surface area contributed by atoms with E-state index in [1.165, 1.54) is 0 Å². The van der Waals surface area contributed by atoms with E-state index in [2.05, 4.69) is 9.97 Å². The number of carbonyl (C=O) groups is 1. The fourth-order valence-corrected chi connectivity index (χ4v) is 4.26. The van der Waals surface area contributed by atoms with Gasteiger partial charge in [0.05, 0.1) is 18.2 Å². The average molecular weight is 502 g/mol. The van der Waals surface area contributed by atoms with E-state index >= 15 is 0 Å². The van der Waals surface area contributed by atoms with Crippen molar-refractivity contribution in [3.63, 3.8) is 0 Å². The summed E-state index contributed by atoms with van der Waals surface area (Å²) in [4.78, 5) is 22.2. The molecule has 2 aromatic heterocycles. The first-order valence-electron chi connectivity index (χ1n) is 12.5. The molecular weight excluding hydrogens is 466 g/mol. The summed E-state index contributed by atoms with van der Waals surface area (Å²) in [6.45, 7) is 8.04. The molecule has 1 amide bonds. The number of aromatic amines is 1. The molecule has 0 radical (unpaired) electrons. The van der Waals surface area contributed by atoms with Gasteiger partial charge in [0.2, 0.25) is 0 Å². The van der Waals surface area contributed by atoms with Gasteiger partial charge in [0.1, 0.15) is 18.0 Å². The summed E-state index contributed by atoms with van der Waals surface area (Å²) in [5.41, 5.74) is 3.06. The van der Waals surface area contributed by atoms with Gasteiger partial charge in [0, 0.05) is 35.6 Å². The number of hydrogen-bond acceptors (Lipinski definition) is 5.